The summed E-state index contributed by atoms with van der Waals surface area (Å²) in [6, 6.07) is 3.26. The maximum absolute atomic E-state index is 12.8. The van der Waals surface area contributed by atoms with Gasteiger partial charge < -0.3 is 14.4 Å². The number of halogens is 2. The van der Waals surface area contributed by atoms with Crippen molar-refractivity contribution >= 4 is 51.5 Å². The van der Waals surface area contributed by atoms with Crippen molar-refractivity contribution in [1.29, 1.82) is 0 Å². The van der Waals surface area contributed by atoms with Gasteiger partial charge in [0.15, 0.2) is 6.61 Å². The number of carbonyl (C=O) groups is 3. The van der Waals surface area contributed by atoms with E-state index in [1.54, 1.807) is 17.0 Å². The van der Waals surface area contributed by atoms with Crippen LogP contribution in [0.15, 0.2) is 33.9 Å². The van der Waals surface area contributed by atoms with E-state index < -0.39 is 0 Å². The van der Waals surface area contributed by atoms with Gasteiger partial charge in [0.05, 0.1) is 35.7 Å². The van der Waals surface area contributed by atoms with Gasteiger partial charge in [-0.05, 0) is 46.3 Å². The van der Waals surface area contributed by atoms with E-state index in [0.29, 0.717) is 47.1 Å². The molecule has 3 amide bonds. The number of hydrazone groups is 1. The van der Waals surface area contributed by atoms with Crippen molar-refractivity contribution in [2.45, 2.75) is 6.42 Å². The lowest BCUT2D eigenvalue weighted by Crippen LogP contribution is -2.43. The second-order valence-electron chi connectivity index (χ2n) is 8.32. The average molecular weight is 523 g/mol. The van der Waals surface area contributed by atoms with E-state index in [-0.39, 0.29) is 48.0 Å². The second kappa shape index (κ2) is 8.61. The van der Waals surface area contributed by atoms with Crippen LogP contribution in [0.1, 0.15) is 12.0 Å². The van der Waals surface area contributed by atoms with Gasteiger partial charge >= 0.3 is 0 Å². The molecule has 4 atom stereocenters. The van der Waals surface area contributed by atoms with Crippen LogP contribution in [0, 0.1) is 23.7 Å². The lowest BCUT2D eigenvalue weighted by Gasteiger charge is -2.26. The Kier molecular flexibility index (Phi) is 5.81. The predicted molar refractivity (Wildman–Crippen MR) is 119 cm³/mol. The van der Waals surface area contributed by atoms with Gasteiger partial charge in [0.25, 0.3) is 17.7 Å². The Bertz CT molecular complexity index is 1010. The normalized spacial score (nSPS) is 28.8. The molecular formula is C22H21BrClN3O5. The molecule has 0 spiro atoms. The molecule has 0 N–H and O–H groups in total. The molecule has 2 aliphatic carbocycles. The summed E-state index contributed by atoms with van der Waals surface area (Å²) < 4.78 is 11.6. The Morgan fingerprint density at radius 1 is 1.19 bits per heavy atom. The highest BCUT2D eigenvalue weighted by Gasteiger charge is 2.59. The molecule has 2 saturated heterocycles. The van der Waals surface area contributed by atoms with Gasteiger partial charge in [-0.3, -0.25) is 14.4 Å². The lowest BCUT2D eigenvalue weighted by atomic mass is 9.85. The molecule has 5 rings (SSSR count). The molecule has 168 valence electrons. The summed E-state index contributed by atoms with van der Waals surface area (Å²) in [6.45, 7) is 1.89. The number of amides is 3. The number of nitrogens with zero attached hydrogens (tertiary/aromatic N) is 3. The van der Waals surface area contributed by atoms with Crippen molar-refractivity contribution in [3.8, 4) is 5.75 Å². The van der Waals surface area contributed by atoms with Gasteiger partial charge in [0.1, 0.15) is 5.75 Å². The summed E-state index contributed by atoms with van der Waals surface area (Å²) in [5.74, 6) is -0.720. The zero-order chi connectivity index (χ0) is 22.4. The first-order chi connectivity index (χ1) is 15.4. The first-order valence-corrected chi connectivity index (χ1v) is 11.7. The van der Waals surface area contributed by atoms with E-state index in [4.69, 9.17) is 21.1 Å². The highest BCUT2D eigenvalue weighted by molar-refractivity contribution is 9.10. The minimum Gasteiger partial charge on any atom is -0.482 e. The summed E-state index contributed by atoms with van der Waals surface area (Å²) in [6.07, 6.45) is 6.32. The first kappa shape index (κ1) is 21.6. The number of fused-ring (bicyclic) bond motifs is 5. The van der Waals surface area contributed by atoms with E-state index in [2.05, 4.69) is 21.0 Å². The number of ether oxygens (including phenoxy) is 2. The maximum Gasteiger partial charge on any atom is 0.260 e. The molecule has 1 saturated carbocycles. The molecule has 0 unspecified atom stereocenters. The molecule has 2 heterocycles. The number of imide groups is 1. The smallest absolute Gasteiger partial charge is 0.260 e. The van der Waals surface area contributed by atoms with E-state index in [9.17, 15) is 14.4 Å². The number of rotatable bonds is 5. The fourth-order valence-electron chi connectivity index (χ4n) is 4.99. The molecule has 0 aromatic heterocycles. The van der Waals surface area contributed by atoms with Gasteiger partial charge in [0.2, 0.25) is 0 Å². The molecule has 2 aliphatic heterocycles. The Labute approximate surface area is 198 Å². The molecule has 1 aromatic carbocycles. The summed E-state index contributed by atoms with van der Waals surface area (Å²) in [5, 5.41) is 5.60. The van der Waals surface area contributed by atoms with Gasteiger partial charge in [-0.15, -0.1) is 0 Å². The Morgan fingerprint density at radius 3 is 2.50 bits per heavy atom. The van der Waals surface area contributed by atoms with Crippen LogP contribution in [0.25, 0.3) is 0 Å². The van der Waals surface area contributed by atoms with Gasteiger partial charge in [-0.25, -0.2) is 0 Å². The SMILES string of the molecule is O=C(COc1c(Br)cc(Cl)cc1C=NN1C(=O)[C@@H]2[C@H](C1=O)[C@H]1C=C[C@H]2C1)N1CCOCC1. The van der Waals surface area contributed by atoms with Crippen LogP contribution in [0.5, 0.6) is 5.75 Å². The quantitative estimate of drug-likeness (QED) is 0.337. The number of carbonyl (C=O) groups excluding carboxylic acids is 3. The fraction of sp³-hybridized carbons (Fsp3) is 0.455. The Balaban J connectivity index is 1.33. The molecule has 0 radical (unpaired) electrons. The van der Waals surface area contributed by atoms with Gasteiger partial charge in [-0.2, -0.15) is 10.1 Å². The number of hydrogen-bond donors (Lipinski definition) is 0. The van der Waals surface area contributed by atoms with Crippen LogP contribution >= 0.6 is 27.5 Å². The van der Waals surface area contributed by atoms with Crippen molar-refractivity contribution in [1.82, 2.24) is 9.91 Å². The van der Waals surface area contributed by atoms with Crippen LogP contribution in [-0.4, -0.2) is 66.8 Å². The highest BCUT2D eigenvalue weighted by Crippen LogP contribution is 2.52. The van der Waals surface area contributed by atoms with Crippen LogP contribution in [0.3, 0.4) is 0 Å². The first-order valence-electron chi connectivity index (χ1n) is 10.5. The van der Waals surface area contributed by atoms with E-state index in [1.807, 2.05) is 12.2 Å². The zero-order valence-electron chi connectivity index (χ0n) is 17.1. The minimum absolute atomic E-state index is 0.118. The molecule has 2 bridgehead atoms. The minimum atomic E-state index is -0.317. The summed E-state index contributed by atoms with van der Waals surface area (Å²) in [4.78, 5) is 39.8. The van der Waals surface area contributed by atoms with Gasteiger partial charge in [0, 0.05) is 23.7 Å². The highest BCUT2D eigenvalue weighted by atomic mass is 79.9. The van der Waals surface area contributed by atoms with Crippen molar-refractivity contribution in [3.63, 3.8) is 0 Å². The molecule has 10 heteroatoms. The van der Waals surface area contributed by atoms with Crippen molar-refractivity contribution in [2.75, 3.05) is 32.9 Å². The third-order valence-corrected chi connectivity index (χ3v) is 7.31. The fourth-order valence-corrected chi connectivity index (χ4v) is 5.94. The predicted octanol–water partition coefficient (Wildman–Crippen LogP) is 2.48. The van der Waals surface area contributed by atoms with Crippen molar-refractivity contribution < 1.29 is 23.9 Å². The van der Waals surface area contributed by atoms with Gasteiger partial charge in [-0.1, -0.05) is 23.8 Å². The third kappa shape index (κ3) is 3.76. The molecule has 32 heavy (non-hydrogen) atoms. The number of allylic oxidation sites excluding steroid dienone is 2. The standard InChI is InChI=1S/C22H21BrClN3O5/c23-16-9-15(24)8-14(20(16)32-11-17(28)26-3-5-31-6-4-26)10-25-27-21(29)18-12-1-2-13(7-12)19(18)22(27)30/h1-2,8-10,12-13,18-19H,3-7,11H2/t12-,13-,18-,19+/m0/s1. The van der Waals surface area contributed by atoms with Crippen LogP contribution < -0.4 is 4.74 Å². The Hall–Kier alpha value is -2.23. The molecule has 1 aromatic rings. The molecule has 3 fully saturated rings. The topological polar surface area (TPSA) is 88.5 Å². The van der Waals surface area contributed by atoms with E-state index in [1.165, 1.54) is 6.21 Å². The van der Waals surface area contributed by atoms with Crippen molar-refractivity contribution in [3.05, 3.63) is 39.3 Å². The van der Waals surface area contributed by atoms with E-state index in [0.717, 1.165) is 11.4 Å². The summed E-state index contributed by atoms with van der Waals surface area (Å²) in [7, 11) is 0. The average Bonchev–Trinajstić information content (AvgIpc) is 3.46. The molecule has 4 aliphatic rings. The maximum atomic E-state index is 12.8. The van der Waals surface area contributed by atoms with E-state index >= 15 is 0 Å². The second-order valence-corrected chi connectivity index (χ2v) is 9.61. The van der Waals surface area contributed by atoms with Crippen molar-refractivity contribution in [2.24, 2.45) is 28.8 Å². The largest absolute Gasteiger partial charge is 0.482 e. The molecular weight excluding hydrogens is 502 g/mol. The number of hydrogen-bond acceptors (Lipinski definition) is 6. The molecule has 8 nitrogen and oxygen atoms in total. The lowest BCUT2D eigenvalue weighted by molar-refractivity contribution is -0.140. The Morgan fingerprint density at radius 2 is 1.84 bits per heavy atom. The van der Waals surface area contributed by atoms with Crippen LogP contribution in [-0.2, 0) is 19.1 Å². The summed E-state index contributed by atoms with van der Waals surface area (Å²) >= 11 is 9.60. The number of morpholine rings is 1. The zero-order valence-corrected chi connectivity index (χ0v) is 19.4. The third-order valence-electron chi connectivity index (χ3n) is 6.50. The van der Waals surface area contributed by atoms with Crippen LogP contribution in [0.2, 0.25) is 5.02 Å². The monoisotopic (exact) mass is 521 g/mol. The van der Waals surface area contributed by atoms with Crippen LogP contribution in [0.4, 0.5) is 0 Å². The number of benzene rings is 1. The summed E-state index contributed by atoms with van der Waals surface area (Å²) in [5.41, 5.74) is 0.456.